The summed E-state index contributed by atoms with van der Waals surface area (Å²) in [5, 5.41) is 20.2. The summed E-state index contributed by atoms with van der Waals surface area (Å²) in [4.78, 5) is 24.6. The zero-order valence-electron chi connectivity index (χ0n) is 14.7. The maximum atomic E-state index is 12.4. The first kappa shape index (κ1) is 16.2. The Balaban J connectivity index is 1.93. The maximum absolute atomic E-state index is 12.4. The second-order valence-corrected chi connectivity index (χ2v) is 9.47. The molecule has 4 nitrogen and oxygen atoms in total. The first-order chi connectivity index (χ1) is 11.2. The number of aliphatic carboxylic acids is 2. The van der Waals surface area contributed by atoms with E-state index in [0.29, 0.717) is 18.3 Å². The van der Waals surface area contributed by atoms with Crippen molar-refractivity contribution in [2.45, 2.75) is 58.8 Å². The Labute approximate surface area is 143 Å². The lowest BCUT2D eigenvalue weighted by Gasteiger charge is -2.50. The molecule has 2 N–H and O–H groups in total. The fourth-order valence-corrected chi connectivity index (χ4v) is 7.88. The fourth-order valence-electron chi connectivity index (χ4n) is 7.88. The van der Waals surface area contributed by atoms with Gasteiger partial charge >= 0.3 is 11.9 Å². The largest absolute Gasteiger partial charge is 0.481 e. The second-order valence-electron chi connectivity index (χ2n) is 9.47. The van der Waals surface area contributed by atoms with Gasteiger partial charge in [-0.25, -0.2) is 0 Å². The average Bonchev–Trinajstić information content (AvgIpc) is 2.87. The Morgan fingerprint density at radius 2 is 1.88 bits per heavy atom. The highest BCUT2D eigenvalue weighted by Gasteiger charge is 2.75. The van der Waals surface area contributed by atoms with Crippen LogP contribution in [-0.4, -0.2) is 22.2 Å². The summed E-state index contributed by atoms with van der Waals surface area (Å²) >= 11 is 0. The van der Waals surface area contributed by atoms with Gasteiger partial charge in [-0.05, 0) is 74.0 Å². The van der Waals surface area contributed by atoms with Crippen LogP contribution in [0, 0.1) is 39.9 Å². The summed E-state index contributed by atoms with van der Waals surface area (Å²) in [6.07, 6.45) is 6.29. The molecule has 0 amide bonds. The van der Waals surface area contributed by atoms with Crippen molar-refractivity contribution in [2.24, 2.45) is 39.9 Å². The lowest BCUT2D eigenvalue weighted by atomic mass is 9.53. The van der Waals surface area contributed by atoms with Gasteiger partial charge in [0.15, 0.2) is 0 Å². The molecular weight excluding hydrogens is 304 g/mol. The van der Waals surface area contributed by atoms with Crippen molar-refractivity contribution in [3.63, 3.8) is 0 Å². The molecule has 4 rings (SSSR count). The lowest BCUT2D eigenvalue weighted by Crippen LogP contribution is -2.50. The SMILES string of the molecule is C=C1C[C@]23C[C@H]1CCC2[C@]1(C)CCC[C@@](C)(C(=O)O)C1[C@@H]3C(=O)O. The first-order valence-corrected chi connectivity index (χ1v) is 9.31. The number of fused-ring (bicyclic) bond motifs is 3. The van der Waals surface area contributed by atoms with Crippen molar-refractivity contribution in [3.05, 3.63) is 12.2 Å². The molecule has 4 aliphatic carbocycles. The third-order valence-electron chi connectivity index (χ3n) is 8.57. The van der Waals surface area contributed by atoms with Crippen molar-refractivity contribution >= 4 is 11.9 Å². The van der Waals surface area contributed by atoms with Crippen LogP contribution in [0.2, 0.25) is 0 Å². The minimum Gasteiger partial charge on any atom is -0.481 e. The zero-order chi connectivity index (χ0) is 17.5. The monoisotopic (exact) mass is 332 g/mol. The number of carboxylic acids is 2. The Morgan fingerprint density at radius 3 is 2.50 bits per heavy atom. The highest BCUT2D eigenvalue weighted by atomic mass is 16.4. The minimum atomic E-state index is -0.929. The molecule has 7 atom stereocenters. The number of hydrogen-bond donors (Lipinski definition) is 2. The second kappa shape index (κ2) is 4.64. The third-order valence-corrected chi connectivity index (χ3v) is 8.57. The predicted molar refractivity (Wildman–Crippen MR) is 89.3 cm³/mol. The van der Waals surface area contributed by atoms with E-state index >= 15 is 0 Å². The fraction of sp³-hybridized carbons (Fsp3) is 0.800. The maximum Gasteiger partial charge on any atom is 0.309 e. The Morgan fingerprint density at radius 1 is 1.17 bits per heavy atom. The van der Waals surface area contributed by atoms with Crippen LogP contribution in [0.15, 0.2) is 12.2 Å². The Kier molecular flexibility index (Phi) is 3.13. The quantitative estimate of drug-likeness (QED) is 0.751. The number of carboxylic acid groups (broad SMARTS) is 2. The van der Waals surface area contributed by atoms with Gasteiger partial charge in [0.05, 0.1) is 11.3 Å². The molecule has 0 aromatic carbocycles. The van der Waals surface area contributed by atoms with Crippen LogP contribution >= 0.6 is 0 Å². The van der Waals surface area contributed by atoms with Gasteiger partial charge < -0.3 is 10.2 Å². The van der Waals surface area contributed by atoms with Gasteiger partial charge in [-0.15, -0.1) is 0 Å². The molecule has 132 valence electrons. The van der Waals surface area contributed by atoms with E-state index in [1.54, 1.807) is 0 Å². The summed E-state index contributed by atoms with van der Waals surface area (Å²) < 4.78 is 0. The molecule has 0 aromatic heterocycles. The molecule has 0 heterocycles. The van der Waals surface area contributed by atoms with Gasteiger partial charge in [-0.2, -0.15) is 0 Å². The number of carbonyl (C=O) groups is 2. The topological polar surface area (TPSA) is 74.6 Å². The molecule has 4 fully saturated rings. The number of rotatable bonds is 2. The third kappa shape index (κ3) is 1.65. The molecule has 0 aliphatic heterocycles. The van der Waals surface area contributed by atoms with Crippen LogP contribution in [0.4, 0.5) is 0 Å². The molecule has 4 saturated carbocycles. The first-order valence-electron chi connectivity index (χ1n) is 9.31. The van der Waals surface area contributed by atoms with Crippen LogP contribution in [-0.2, 0) is 9.59 Å². The van der Waals surface area contributed by atoms with Gasteiger partial charge in [0.1, 0.15) is 0 Å². The molecule has 4 aliphatic rings. The lowest BCUT2D eigenvalue weighted by molar-refractivity contribution is -0.166. The van der Waals surface area contributed by atoms with Gasteiger partial charge in [0, 0.05) is 0 Å². The standard InChI is InChI=1S/C20H28O4/c1-11-9-20-10-12(11)5-6-13(20)18(2)7-4-8-19(3,17(23)24)15(18)14(20)16(21)22/h12-15H,1,4-10H2,2-3H3,(H,21,22)(H,23,24)/t12-,13?,14-,15?,18+,19-,20+/m1/s1. The van der Waals surface area contributed by atoms with E-state index < -0.39 is 23.3 Å². The highest BCUT2D eigenvalue weighted by molar-refractivity contribution is 5.79. The highest BCUT2D eigenvalue weighted by Crippen LogP contribution is 2.77. The Bertz CT molecular complexity index is 640. The van der Waals surface area contributed by atoms with Gasteiger partial charge in [0.25, 0.3) is 0 Å². The molecular formula is C20H28O4. The normalized spacial score (nSPS) is 52.7. The molecule has 2 bridgehead atoms. The van der Waals surface area contributed by atoms with E-state index in [4.69, 9.17) is 0 Å². The van der Waals surface area contributed by atoms with E-state index in [2.05, 4.69) is 13.5 Å². The van der Waals surface area contributed by atoms with Crippen LogP contribution in [0.1, 0.15) is 58.8 Å². The van der Waals surface area contributed by atoms with E-state index in [-0.39, 0.29) is 16.7 Å². The molecule has 0 radical (unpaired) electrons. The van der Waals surface area contributed by atoms with Crippen molar-refractivity contribution in [1.82, 2.24) is 0 Å². The summed E-state index contributed by atoms with van der Waals surface area (Å²) in [7, 11) is 0. The van der Waals surface area contributed by atoms with Gasteiger partial charge in [-0.1, -0.05) is 25.5 Å². The smallest absolute Gasteiger partial charge is 0.309 e. The average molecular weight is 332 g/mol. The van der Waals surface area contributed by atoms with Crippen molar-refractivity contribution in [1.29, 1.82) is 0 Å². The van der Waals surface area contributed by atoms with Gasteiger partial charge in [0.2, 0.25) is 0 Å². The molecule has 4 heteroatoms. The van der Waals surface area contributed by atoms with E-state index in [0.717, 1.165) is 38.5 Å². The van der Waals surface area contributed by atoms with Crippen molar-refractivity contribution in [2.75, 3.05) is 0 Å². The number of allylic oxidation sites excluding steroid dienone is 1. The van der Waals surface area contributed by atoms with Crippen LogP contribution < -0.4 is 0 Å². The molecule has 1 spiro atoms. The zero-order valence-corrected chi connectivity index (χ0v) is 14.7. The van der Waals surface area contributed by atoms with Gasteiger partial charge in [-0.3, -0.25) is 9.59 Å². The number of hydrogen-bond acceptors (Lipinski definition) is 2. The molecule has 2 unspecified atom stereocenters. The molecule has 24 heavy (non-hydrogen) atoms. The Hall–Kier alpha value is -1.32. The van der Waals surface area contributed by atoms with E-state index in [1.165, 1.54) is 5.57 Å². The van der Waals surface area contributed by atoms with Crippen LogP contribution in [0.5, 0.6) is 0 Å². The van der Waals surface area contributed by atoms with Crippen LogP contribution in [0.25, 0.3) is 0 Å². The minimum absolute atomic E-state index is 0.177. The van der Waals surface area contributed by atoms with Crippen molar-refractivity contribution < 1.29 is 19.8 Å². The molecule has 0 saturated heterocycles. The van der Waals surface area contributed by atoms with E-state index in [9.17, 15) is 19.8 Å². The summed E-state index contributed by atoms with van der Waals surface area (Å²) in [5.74, 6) is -1.64. The van der Waals surface area contributed by atoms with E-state index in [1.807, 2.05) is 6.92 Å². The predicted octanol–water partition coefficient (Wildman–Crippen LogP) is 3.96. The summed E-state index contributed by atoms with van der Waals surface area (Å²) in [6.45, 7) is 8.26. The van der Waals surface area contributed by atoms with Crippen molar-refractivity contribution in [3.8, 4) is 0 Å². The summed E-state index contributed by atoms with van der Waals surface area (Å²) in [6, 6.07) is 0. The molecule has 0 aromatic rings. The summed E-state index contributed by atoms with van der Waals surface area (Å²) in [5.41, 5.74) is -0.152. The van der Waals surface area contributed by atoms with Crippen LogP contribution in [0.3, 0.4) is 0 Å².